The van der Waals surface area contributed by atoms with Crippen LogP contribution in [0.15, 0.2) is 6.07 Å². The van der Waals surface area contributed by atoms with Crippen molar-refractivity contribution in [3.05, 3.63) is 20.8 Å². The lowest BCUT2D eigenvalue weighted by Crippen LogP contribution is -2.32. The van der Waals surface area contributed by atoms with Crippen LogP contribution in [-0.2, 0) is 6.42 Å². The molecule has 1 aromatic heterocycles. The molecule has 3 heteroatoms. The van der Waals surface area contributed by atoms with Gasteiger partial charge in [-0.2, -0.15) is 0 Å². The molecule has 1 aliphatic carbocycles. The number of hydrogen-bond donors (Lipinski definition) is 1. The van der Waals surface area contributed by atoms with Crippen LogP contribution in [-0.4, -0.2) is 6.04 Å². The Bertz CT molecular complexity index is 361. The van der Waals surface area contributed by atoms with Crippen molar-refractivity contribution in [2.45, 2.75) is 64.5 Å². The molecule has 17 heavy (non-hydrogen) atoms. The fourth-order valence-electron chi connectivity index (χ4n) is 2.63. The highest BCUT2D eigenvalue weighted by Gasteiger charge is 2.23. The van der Waals surface area contributed by atoms with Crippen LogP contribution < -0.4 is 5.32 Å². The van der Waals surface area contributed by atoms with Crippen LogP contribution >= 0.6 is 22.9 Å². The normalized spacial score (nSPS) is 21.2. The lowest BCUT2D eigenvalue weighted by Gasteiger charge is -2.27. The van der Waals surface area contributed by atoms with Gasteiger partial charge in [0, 0.05) is 17.0 Å². The molecule has 1 aliphatic rings. The minimum Gasteiger partial charge on any atom is -0.307 e. The van der Waals surface area contributed by atoms with Crippen molar-refractivity contribution in [1.29, 1.82) is 0 Å². The molecule has 0 aromatic carbocycles. The van der Waals surface area contributed by atoms with E-state index in [9.17, 15) is 0 Å². The van der Waals surface area contributed by atoms with Crippen molar-refractivity contribution in [3.63, 3.8) is 0 Å². The van der Waals surface area contributed by atoms with Gasteiger partial charge in [0.25, 0.3) is 0 Å². The fraction of sp³-hybridized carbons (Fsp3) is 0.714. The molecular formula is C14H22ClNS. The van der Waals surface area contributed by atoms with Gasteiger partial charge in [0.05, 0.1) is 4.34 Å². The molecule has 2 rings (SSSR count). The van der Waals surface area contributed by atoms with Crippen LogP contribution in [0.4, 0.5) is 0 Å². The third-order valence-corrected chi connectivity index (χ3v) is 4.90. The maximum atomic E-state index is 6.13. The van der Waals surface area contributed by atoms with Crippen LogP contribution in [0.25, 0.3) is 0 Å². The van der Waals surface area contributed by atoms with E-state index in [4.69, 9.17) is 11.6 Å². The Morgan fingerprint density at radius 2 is 2.41 bits per heavy atom. The number of fused-ring (bicyclic) bond motifs is 1. The summed E-state index contributed by atoms with van der Waals surface area (Å²) in [5.41, 5.74) is 1.47. The Morgan fingerprint density at radius 1 is 1.59 bits per heavy atom. The van der Waals surface area contributed by atoms with Crippen LogP contribution in [0.3, 0.4) is 0 Å². The molecule has 0 saturated heterocycles. The summed E-state index contributed by atoms with van der Waals surface area (Å²) in [6.45, 7) is 4.56. The lowest BCUT2D eigenvalue weighted by atomic mass is 9.93. The zero-order valence-corrected chi connectivity index (χ0v) is 12.3. The summed E-state index contributed by atoms with van der Waals surface area (Å²) in [6.07, 6.45) is 7.65. The van der Waals surface area contributed by atoms with Crippen molar-refractivity contribution >= 4 is 22.9 Å². The van der Waals surface area contributed by atoms with Gasteiger partial charge >= 0.3 is 0 Å². The second-order valence-electron chi connectivity index (χ2n) is 5.08. The number of nitrogens with one attached hydrogen (secondary N) is 1. The van der Waals surface area contributed by atoms with E-state index in [1.54, 1.807) is 11.3 Å². The molecule has 0 radical (unpaired) electrons. The second kappa shape index (κ2) is 6.21. The predicted octanol–water partition coefficient (Wildman–Crippen LogP) is 4.95. The van der Waals surface area contributed by atoms with Gasteiger partial charge < -0.3 is 5.32 Å². The SMILES string of the molecule is CCCCC(C)NC1CCCc2sc(Cl)cc21. The van der Waals surface area contributed by atoms with Gasteiger partial charge in [0.2, 0.25) is 0 Å². The van der Waals surface area contributed by atoms with Crippen molar-refractivity contribution in [2.75, 3.05) is 0 Å². The van der Waals surface area contributed by atoms with Gasteiger partial charge in [-0.25, -0.2) is 0 Å². The number of rotatable bonds is 5. The highest BCUT2D eigenvalue weighted by atomic mass is 35.5. The summed E-state index contributed by atoms with van der Waals surface area (Å²) in [6, 6.07) is 3.32. The highest BCUT2D eigenvalue weighted by Crippen LogP contribution is 2.38. The summed E-state index contributed by atoms with van der Waals surface area (Å²) in [5, 5.41) is 3.77. The molecule has 0 saturated carbocycles. The number of hydrogen-bond acceptors (Lipinski definition) is 2. The molecular weight excluding hydrogens is 250 g/mol. The maximum absolute atomic E-state index is 6.13. The van der Waals surface area contributed by atoms with Crippen LogP contribution in [0.5, 0.6) is 0 Å². The average Bonchev–Trinajstić information content (AvgIpc) is 2.68. The van der Waals surface area contributed by atoms with Gasteiger partial charge in [-0.1, -0.05) is 31.4 Å². The monoisotopic (exact) mass is 271 g/mol. The van der Waals surface area contributed by atoms with Crippen molar-refractivity contribution in [1.82, 2.24) is 5.32 Å². The third kappa shape index (κ3) is 3.46. The Kier molecular flexibility index (Phi) is 4.89. The standard InChI is InChI=1S/C14H22ClNS/c1-3-4-6-10(2)16-12-7-5-8-13-11(12)9-14(15)17-13/h9-10,12,16H,3-8H2,1-2H3. The summed E-state index contributed by atoms with van der Waals surface area (Å²) in [5.74, 6) is 0. The van der Waals surface area contributed by atoms with Crippen LogP contribution in [0, 0.1) is 0 Å². The minimum absolute atomic E-state index is 0.536. The Labute approximate surface area is 114 Å². The predicted molar refractivity (Wildman–Crippen MR) is 77.1 cm³/mol. The Morgan fingerprint density at radius 3 is 3.18 bits per heavy atom. The van der Waals surface area contributed by atoms with E-state index in [-0.39, 0.29) is 0 Å². The van der Waals surface area contributed by atoms with E-state index >= 15 is 0 Å². The largest absolute Gasteiger partial charge is 0.307 e. The molecule has 1 nitrogen and oxygen atoms in total. The molecule has 1 heterocycles. The maximum Gasteiger partial charge on any atom is 0.0934 e. The first-order valence-electron chi connectivity index (χ1n) is 6.75. The van der Waals surface area contributed by atoms with E-state index in [0.717, 1.165) is 4.34 Å². The first-order chi connectivity index (χ1) is 8.20. The van der Waals surface area contributed by atoms with E-state index in [1.807, 2.05) is 0 Å². The van der Waals surface area contributed by atoms with Gasteiger partial charge in [-0.05, 0) is 44.2 Å². The summed E-state index contributed by atoms with van der Waals surface area (Å²) < 4.78 is 0.949. The molecule has 0 spiro atoms. The average molecular weight is 272 g/mol. The zero-order chi connectivity index (χ0) is 12.3. The highest BCUT2D eigenvalue weighted by molar-refractivity contribution is 7.16. The van der Waals surface area contributed by atoms with E-state index in [0.29, 0.717) is 12.1 Å². The summed E-state index contributed by atoms with van der Waals surface area (Å²) >= 11 is 7.89. The first kappa shape index (κ1) is 13.4. The molecule has 96 valence electrons. The Balaban J connectivity index is 1.98. The van der Waals surface area contributed by atoms with Gasteiger partial charge in [0.15, 0.2) is 0 Å². The molecule has 2 unspecified atom stereocenters. The molecule has 0 bridgehead atoms. The minimum atomic E-state index is 0.536. The smallest absolute Gasteiger partial charge is 0.0934 e. The molecule has 1 N–H and O–H groups in total. The summed E-state index contributed by atoms with van der Waals surface area (Å²) in [7, 11) is 0. The molecule has 1 aromatic rings. The summed E-state index contributed by atoms with van der Waals surface area (Å²) in [4.78, 5) is 1.50. The zero-order valence-electron chi connectivity index (χ0n) is 10.8. The fourth-order valence-corrected chi connectivity index (χ4v) is 4.02. The van der Waals surface area contributed by atoms with Crippen molar-refractivity contribution in [2.24, 2.45) is 0 Å². The van der Waals surface area contributed by atoms with Crippen molar-refractivity contribution < 1.29 is 0 Å². The second-order valence-corrected chi connectivity index (χ2v) is 6.85. The molecule has 0 fully saturated rings. The van der Waals surface area contributed by atoms with E-state index in [1.165, 1.54) is 49.0 Å². The molecule has 2 atom stereocenters. The third-order valence-electron chi connectivity index (χ3n) is 3.56. The van der Waals surface area contributed by atoms with Gasteiger partial charge in [0.1, 0.15) is 0 Å². The van der Waals surface area contributed by atoms with Gasteiger partial charge in [-0.15, -0.1) is 11.3 Å². The molecule has 0 amide bonds. The number of thiophene rings is 1. The van der Waals surface area contributed by atoms with Crippen LogP contribution in [0.1, 0.15) is 62.4 Å². The molecule has 0 aliphatic heterocycles. The van der Waals surface area contributed by atoms with E-state index in [2.05, 4.69) is 25.2 Å². The quantitative estimate of drug-likeness (QED) is 0.799. The first-order valence-corrected chi connectivity index (χ1v) is 7.94. The van der Waals surface area contributed by atoms with E-state index < -0.39 is 0 Å². The topological polar surface area (TPSA) is 12.0 Å². The van der Waals surface area contributed by atoms with Crippen LogP contribution in [0.2, 0.25) is 4.34 Å². The number of aryl methyl sites for hydroxylation is 1. The van der Waals surface area contributed by atoms with Crippen molar-refractivity contribution in [3.8, 4) is 0 Å². The lowest BCUT2D eigenvalue weighted by molar-refractivity contribution is 0.391. The number of unbranched alkanes of at least 4 members (excludes halogenated alkanes) is 1. The van der Waals surface area contributed by atoms with Gasteiger partial charge in [-0.3, -0.25) is 0 Å². The Hall–Kier alpha value is -0.0500. The number of halogens is 1.